The highest BCUT2D eigenvalue weighted by molar-refractivity contribution is 5.06. The van der Waals surface area contributed by atoms with Gasteiger partial charge in [0, 0.05) is 18.1 Å². The zero-order valence-corrected chi connectivity index (χ0v) is 9.39. The van der Waals surface area contributed by atoms with Gasteiger partial charge in [-0.05, 0) is 33.2 Å². The van der Waals surface area contributed by atoms with Crippen molar-refractivity contribution in [2.75, 3.05) is 13.7 Å². The van der Waals surface area contributed by atoms with Gasteiger partial charge in [-0.1, -0.05) is 13.8 Å². The van der Waals surface area contributed by atoms with Gasteiger partial charge in [-0.2, -0.15) is 0 Å². The van der Waals surface area contributed by atoms with E-state index in [1.807, 2.05) is 0 Å². The normalized spacial score (nSPS) is 31.4. The van der Waals surface area contributed by atoms with E-state index in [0.29, 0.717) is 17.6 Å². The average Bonchev–Trinajstić information content (AvgIpc) is 2.14. The van der Waals surface area contributed by atoms with Gasteiger partial charge in [0.2, 0.25) is 0 Å². The van der Waals surface area contributed by atoms with Crippen LogP contribution in [0.3, 0.4) is 0 Å². The van der Waals surface area contributed by atoms with Crippen LogP contribution in [0.2, 0.25) is 0 Å². The van der Waals surface area contributed by atoms with Crippen molar-refractivity contribution >= 4 is 0 Å². The van der Waals surface area contributed by atoms with Crippen molar-refractivity contribution in [3.05, 3.63) is 0 Å². The molecule has 0 unspecified atom stereocenters. The van der Waals surface area contributed by atoms with Gasteiger partial charge < -0.3 is 10.1 Å². The number of ether oxygens (including phenoxy) is 1. The minimum Gasteiger partial charge on any atom is -0.378 e. The van der Waals surface area contributed by atoms with Gasteiger partial charge in [0.25, 0.3) is 0 Å². The summed E-state index contributed by atoms with van der Waals surface area (Å²) in [7, 11) is 2.06. The first-order chi connectivity index (χ1) is 6.25. The van der Waals surface area contributed by atoms with Gasteiger partial charge in [-0.15, -0.1) is 0 Å². The molecule has 1 N–H and O–H groups in total. The van der Waals surface area contributed by atoms with Crippen molar-refractivity contribution in [1.29, 1.82) is 0 Å². The summed E-state index contributed by atoms with van der Waals surface area (Å²) in [5.74, 6) is 0. The predicted molar refractivity (Wildman–Crippen MR) is 55.9 cm³/mol. The van der Waals surface area contributed by atoms with Crippen molar-refractivity contribution in [3.8, 4) is 0 Å². The Bertz CT molecular complexity index is 154. The fourth-order valence-corrected chi connectivity index (χ4v) is 2.79. The third kappa shape index (κ3) is 1.62. The van der Waals surface area contributed by atoms with Crippen LogP contribution in [0.5, 0.6) is 0 Å². The Morgan fingerprint density at radius 3 is 2.31 bits per heavy atom. The minimum atomic E-state index is 0.408. The first kappa shape index (κ1) is 11.0. The molecule has 0 bridgehead atoms. The van der Waals surface area contributed by atoms with Crippen LogP contribution < -0.4 is 5.32 Å². The Labute approximate surface area is 82.0 Å². The lowest BCUT2D eigenvalue weighted by atomic mass is 9.59. The molecule has 13 heavy (non-hydrogen) atoms. The molecular formula is C11H23NO. The number of hydrogen-bond donors (Lipinski definition) is 1. The van der Waals surface area contributed by atoms with Crippen LogP contribution in [0, 0.1) is 5.41 Å². The van der Waals surface area contributed by atoms with Crippen LogP contribution in [0.15, 0.2) is 0 Å². The second-order valence-corrected chi connectivity index (χ2v) is 3.96. The average molecular weight is 185 g/mol. The summed E-state index contributed by atoms with van der Waals surface area (Å²) in [6.07, 6.45) is 4.12. The van der Waals surface area contributed by atoms with Crippen LogP contribution in [0.4, 0.5) is 0 Å². The summed E-state index contributed by atoms with van der Waals surface area (Å²) >= 11 is 0. The quantitative estimate of drug-likeness (QED) is 0.709. The lowest BCUT2D eigenvalue weighted by Gasteiger charge is -2.55. The highest BCUT2D eigenvalue weighted by Gasteiger charge is 2.52. The van der Waals surface area contributed by atoms with E-state index in [-0.39, 0.29) is 0 Å². The second-order valence-electron chi connectivity index (χ2n) is 3.96. The monoisotopic (exact) mass is 185 g/mol. The van der Waals surface area contributed by atoms with Crippen LogP contribution in [-0.2, 0) is 4.74 Å². The van der Waals surface area contributed by atoms with Crippen molar-refractivity contribution < 1.29 is 4.74 Å². The summed E-state index contributed by atoms with van der Waals surface area (Å²) < 4.78 is 5.77. The molecule has 1 fully saturated rings. The van der Waals surface area contributed by atoms with E-state index in [2.05, 4.69) is 33.1 Å². The maximum Gasteiger partial charge on any atom is 0.0660 e. The topological polar surface area (TPSA) is 21.3 Å². The smallest absolute Gasteiger partial charge is 0.0660 e. The van der Waals surface area contributed by atoms with Gasteiger partial charge >= 0.3 is 0 Å². The zero-order chi connectivity index (χ0) is 9.90. The van der Waals surface area contributed by atoms with E-state index >= 15 is 0 Å². The van der Waals surface area contributed by atoms with Gasteiger partial charge in [-0.25, -0.2) is 0 Å². The molecule has 0 amide bonds. The molecule has 0 aliphatic heterocycles. The van der Waals surface area contributed by atoms with E-state index in [1.54, 1.807) is 0 Å². The molecule has 1 saturated carbocycles. The molecule has 0 spiro atoms. The Morgan fingerprint density at radius 2 is 1.92 bits per heavy atom. The highest BCUT2D eigenvalue weighted by atomic mass is 16.5. The van der Waals surface area contributed by atoms with Crippen molar-refractivity contribution in [3.63, 3.8) is 0 Å². The highest BCUT2D eigenvalue weighted by Crippen LogP contribution is 2.48. The first-order valence-electron chi connectivity index (χ1n) is 5.54. The fourth-order valence-electron chi connectivity index (χ4n) is 2.79. The molecule has 0 radical (unpaired) electrons. The second kappa shape index (κ2) is 4.43. The molecule has 0 aromatic carbocycles. The molecule has 2 nitrogen and oxygen atoms in total. The van der Waals surface area contributed by atoms with Gasteiger partial charge in [0.05, 0.1) is 6.10 Å². The summed E-state index contributed by atoms with van der Waals surface area (Å²) in [5.41, 5.74) is 0.408. The van der Waals surface area contributed by atoms with Crippen molar-refractivity contribution in [1.82, 2.24) is 5.32 Å². The molecule has 1 aliphatic carbocycles. The van der Waals surface area contributed by atoms with Crippen LogP contribution in [-0.4, -0.2) is 25.8 Å². The summed E-state index contributed by atoms with van der Waals surface area (Å²) in [4.78, 5) is 0. The number of rotatable bonds is 5. The summed E-state index contributed by atoms with van der Waals surface area (Å²) in [6, 6.07) is 0.666. The maximum absolute atomic E-state index is 5.77. The Hall–Kier alpha value is -0.0800. The lowest BCUT2D eigenvalue weighted by Crippen LogP contribution is -2.62. The zero-order valence-electron chi connectivity index (χ0n) is 9.39. The van der Waals surface area contributed by atoms with E-state index in [9.17, 15) is 0 Å². The molecule has 2 atom stereocenters. The first-order valence-corrected chi connectivity index (χ1v) is 5.54. The molecule has 0 heterocycles. The standard InChI is InChI=1S/C11H23NO/c1-5-11(6-2)9(12-4)8-10(11)13-7-3/h9-10,12H,5-8H2,1-4H3/t9-,10-/m0/s1. The van der Waals surface area contributed by atoms with E-state index in [1.165, 1.54) is 19.3 Å². The molecular weight excluding hydrogens is 162 g/mol. The summed E-state index contributed by atoms with van der Waals surface area (Å²) in [6.45, 7) is 7.49. The fraction of sp³-hybridized carbons (Fsp3) is 1.00. The minimum absolute atomic E-state index is 0.408. The molecule has 1 aliphatic rings. The molecule has 0 saturated heterocycles. The Kier molecular flexibility index (Phi) is 3.74. The van der Waals surface area contributed by atoms with E-state index in [0.717, 1.165) is 6.61 Å². The molecule has 78 valence electrons. The van der Waals surface area contributed by atoms with Crippen LogP contribution in [0.25, 0.3) is 0 Å². The Morgan fingerprint density at radius 1 is 1.31 bits per heavy atom. The Balaban J connectivity index is 2.61. The molecule has 0 aromatic heterocycles. The lowest BCUT2D eigenvalue weighted by molar-refractivity contribution is -0.136. The maximum atomic E-state index is 5.77. The molecule has 0 aromatic rings. The van der Waals surface area contributed by atoms with E-state index < -0.39 is 0 Å². The van der Waals surface area contributed by atoms with Crippen LogP contribution >= 0.6 is 0 Å². The largest absolute Gasteiger partial charge is 0.378 e. The molecule has 2 heteroatoms. The SMILES string of the molecule is CCO[C@H]1C[C@H](NC)C1(CC)CC. The van der Waals surface area contributed by atoms with Crippen molar-refractivity contribution in [2.45, 2.75) is 52.2 Å². The molecule has 1 rings (SSSR count). The third-order valence-corrected chi connectivity index (χ3v) is 3.82. The van der Waals surface area contributed by atoms with Crippen LogP contribution in [0.1, 0.15) is 40.0 Å². The van der Waals surface area contributed by atoms with Gasteiger partial charge in [0.1, 0.15) is 0 Å². The van der Waals surface area contributed by atoms with Gasteiger partial charge in [-0.3, -0.25) is 0 Å². The third-order valence-electron chi connectivity index (χ3n) is 3.82. The number of hydrogen-bond acceptors (Lipinski definition) is 2. The number of nitrogens with one attached hydrogen (secondary N) is 1. The van der Waals surface area contributed by atoms with Gasteiger partial charge in [0.15, 0.2) is 0 Å². The predicted octanol–water partition coefficient (Wildman–Crippen LogP) is 2.19. The van der Waals surface area contributed by atoms with Crippen molar-refractivity contribution in [2.24, 2.45) is 5.41 Å². The van der Waals surface area contributed by atoms with E-state index in [4.69, 9.17) is 4.74 Å². The summed E-state index contributed by atoms with van der Waals surface area (Å²) in [5, 5.41) is 3.40.